The molecule has 4 bridgehead atoms. The number of rotatable bonds is 4. The van der Waals surface area contributed by atoms with Crippen molar-refractivity contribution in [1.29, 1.82) is 0 Å². The molecule has 0 heterocycles. The van der Waals surface area contributed by atoms with Crippen LogP contribution in [-0.2, 0) is 21.7 Å². The maximum Gasteiger partial charge on any atom is 0.0355 e. The lowest BCUT2D eigenvalue weighted by Gasteiger charge is -2.72. The lowest BCUT2D eigenvalue weighted by molar-refractivity contribution is -0.0702. The monoisotopic (exact) mass is 1060 g/mol. The van der Waals surface area contributed by atoms with E-state index < -0.39 is 0 Å². The Kier molecular flexibility index (Phi) is 8.33. The second-order valence-electron chi connectivity index (χ2n) is 12.6. The van der Waals surface area contributed by atoms with Gasteiger partial charge < -0.3 is 0 Å². The van der Waals surface area contributed by atoms with Crippen LogP contribution in [0.1, 0.15) is 60.8 Å². The third-order valence-electron chi connectivity index (χ3n) is 10.2. The second-order valence-corrected chi connectivity index (χ2v) is 19.2. The normalized spacial score (nSPS) is 29.7. The minimum atomic E-state index is -0.0529. The number of halogens is 8. The standard InChI is InChI=1S/C34H24Br8/c35-23-9-1-5-19(27(23)39)31-13-32(20-6-2-10-24(36)28(20)40)16-33(14-31,21-7-3-11-25(37)29(21)41)18-34(15-31,17-32)22-8-4-12-26(38)30(22)42/h1-12H,13-18H2. The molecule has 4 aromatic rings. The minimum Gasteiger partial charge on any atom is -0.0608 e. The summed E-state index contributed by atoms with van der Waals surface area (Å²) in [6, 6.07) is 27.0. The van der Waals surface area contributed by atoms with Crippen molar-refractivity contribution in [3.8, 4) is 0 Å². The van der Waals surface area contributed by atoms with Gasteiger partial charge in [0.25, 0.3) is 0 Å². The van der Waals surface area contributed by atoms with E-state index in [-0.39, 0.29) is 21.7 Å². The molecule has 216 valence electrons. The number of benzene rings is 4. The zero-order chi connectivity index (χ0) is 29.7. The van der Waals surface area contributed by atoms with E-state index in [1.165, 1.54) is 40.1 Å². The first-order chi connectivity index (χ1) is 19.9. The Bertz CT molecular complexity index is 1470. The summed E-state index contributed by atoms with van der Waals surface area (Å²) in [5.74, 6) is 0. The summed E-state index contributed by atoms with van der Waals surface area (Å²) in [6.45, 7) is 0. The van der Waals surface area contributed by atoms with E-state index in [9.17, 15) is 0 Å². The summed E-state index contributed by atoms with van der Waals surface area (Å²) in [7, 11) is 0. The van der Waals surface area contributed by atoms with E-state index in [0.717, 1.165) is 56.4 Å². The van der Waals surface area contributed by atoms with Crippen molar-refractivity contribution in [1.82, 2.24) is 0 Å². The molecular weight excluding hydrogens is 1050 g/mol. The van der Waals surface area contributed by atoms with Crippen LogP contribution >= 0.6 is 127 Å². The van der Waals surface area contributed by atoms with Crippen molar-refractivity contribution >= 4 is 127 Å². The van der Waals surface area contributed by atoms with E-state index in [1.807, 2.05) is 0 Å². The lowest BCUT2D eigenvalue weighted by atomic mass is 9.32. The molecule has 4 aliphatic rings. The van der Waals surface area contributed by atoms with Crippen LogP contribution in [0.25, 0.3) is 0 Å². The molecule has 0 unspecified atom stereocenters. The molecule has 0 aromatic heterocycles. The maximum atomic E-state index is 4.07. The molecule has 0 amide bonds. The molecule has 4 fully saturated rings. The summed E-state index contributed by atoms with van der Waals surface area (Å²) in [5, 5.41) is 0. The van der Waals surface area contributed by atoms with Gasteiger partial charge in [0, 0.05) is 35.8 Å². The molecule has 0 nitrogen and oxygen atoms in total. The molecule has 0 radical (unpaired) electrons. The van der Waals surface area contributed by atoms with Crippen LogP contribution in [0.2, 0.25) is 0 Å². The summed E-state index contributed by atoms with van der Waals surface area (Å²) < 4.78 is 9.19. The van der Waals surface area contributed by atoms with Crippen LogP contribution in [0.4, 0.5) is 0 Å². The third-order valence-corrected chi connectivity index (χ3v) is 18.3. The first kappa shape index (κ1) is 31.3. The number of hydrogen-bond acceptors (Lipinski definition) is 0. The average Bonchev–Trinajstić information content (AvgIpc) is 2.93. The van der Waals surface area contributed by atoms with Gasteiger partial charge in [-0.1, -0.05) is 48.5 Å². The molecule has 8 rings (SSSR count). The highest BCUT2D eigenvalue weighted by atomic mass is 79.9. The van der Waals surface area contributed by atoms with Gasteiger partial charge in [0.1, 0.15) is 0 Å². The molecule has 0 spiro atoms. The molecule has 4 aromatic carbocycles. The SMILES string of the molecule is Brc1cccc(C23CC4(c5cccc(Br)c5Br)CC(c5cccc(Br)c5Br)(C2)CC(c2cccc(Br)c2Br)(C3)C4)c1Br. The van der Waals surface area contributed by atoms with Crippen molar-refractivity contribution in [2.45, 2.75) is 60.2 Å². The van der Waals surface area contributed by atoms with Crippen LogP contribution in [0, 0.1) is 0 Å². The first-order valence-corrected chi connectivity index (χ1v) is 20.1. The van der Waals surface area contributed by atoms with Crippen molar-refractivity contribution in [3.05, 3.63) is 131 Å². The molecule has 4 aliphatic carbocycles. The fourth-order valence-corrected chi connectivity index (χ4v) is 13.6. The van der Waals surface area contributed by atoms with E-state index >= 15 is 0 Å². The zero-order valence-electron chi connectivity index (χ0n) is 22.2. The highest BCUT2D eigenvalue weighted by molar-refractivity contribution is 9.14. The molecule has 0 atom stereocenters. The largest absolute Gasteiger partial charge is 0.0608 e. The summed E-state index contributed by atoms with van der Waals surface area (Å²) in [4.78, 5) is 0. The Balaban J connectivity index is 1.61. The van der Waals surface area contributed by atoms with Gasteiger partial charge in [-0.05, 0) is 234 Å². The molecular formula is C34H24Br8. The van der Waals surface area contributed by atoms with Crippen LogP contribution in [-0.4, -0.2) is 0 Å². The van der Waals surface area contributed by atoms with Crippen molar-refractivity contribution < 1.29 is 0 Å². The van der Waals surface area contributed by atoms with Gasteiger partial charge in [-0.2, -0.15) is 0 Å². The molecule has 4 saturated carbocycles. The zero-order valence-corrected chi connectivity index (χ0v) is 34.9. The topological polar surface area (TPSA) is 0 Å². The van der Waals surface area contributed by atoms with E-state index in [1.54, 1.807) is 0 Å². The lowest BCUT2D eigenvalue weighted by Crippen LogP contribution is -2.67. The fourth-order valence-electron chi connectivity index (χ4n) is 9.43. The van der Waals surface area contributed by atoms with E-state index in [0.29, 0.717) is 0 Å². The summed E-state index contributed by atoms with van der Waals surface area (Å²) in [5.41, 5.74) is 5.45. The van der Waals surface area contributed by atoms with Gasteiger partial charge in [-0.25, -0.2) is 0 Å². The van der Waals surface area contributed by atoms with E-state index in [2.05, 4.69) is 200 Å². The first-order valence-electron chi connectivity index (χ1n) is 13.7. The van der Waals surface area contributed by atoms with Crippen molar-refractivity contribution in [3.63, 3.8) is 0 Å². The Morgan fingerprint density at radius 3 is 0.690 bits per heavy atom. The van der Waals surface area contributed by atoms with Crippen LogP contribution in [0.5, 0.6) is 0 Å². The molecule has 0 saturated heterocycles. The fraction of sp³-hybridized carbons (Fsp3) is 0.294. The summed E-state index contributed by atoms with van der Waals surface area (Å²) >= 11 is 31.8. The van der Waals surface area contributed by atoms with Gasteiger partial charge >= 0.3 is 0 Å². The highest BCUT2D eigenvalue weighted by Gasteiger charge is 2.70. The van der Waals surface area contributed by atoms with Crippen molar-refractivity contribution in [2.24, 2.45) is 0 Å². The highest BCUT2D eigenvalue weighted by Crippen LogP contribution is 2.76. The Morgan fingerprint density at radius 1 is 0.310 bits per heavy atom. The average molecular weight is 1070 g/mol. The Labute approximate surface area is 314 Å². The van der Waals surface area contributed by atoms with Gasteiger partial charge in [-0.15, -0.1) is 0 Å². The van der Waals surface area contributed by atoms with Crippen molar-refractivity contribution in [2.75, 3.05) is 0 Å². The predicted molar refractivity (Wildman–Crippen MR) is 202 cm³/mol. The Hall–Kier alpha value is 0.720. The van der Waals surface area contributed by atoms with Crippen LogP contribution in [0.3, 0.4) is 0 Å². The second kappa shape index (κ2) is 11.2. The van der Waals surface area contributed by atoms with Gasteiger partial charge in [-0.3, -0.25) is 0 Å². The minimum absolute atomic E-state index is 0.0529. The van der Waals surface area contributed by atoms with E-state index in [4.69, 9.17) is 0 Å². The quantitative estimate of drug-likeness (QED) is 0.191. The smallest absolute Gasteiger partial charge is 0.0355 e. The Morgan fingerprint density at radius 2 is 0.500 bits per heavy atom. The van der Waals surface area contributed by atoms with Crippen LogP contribution < -0.4 is 0 Å². The molecule has 8 heteroatoms. The maximum absolute atomic E-state index is 4.07. The molecule has 42 heavy (non-hydrogen) atoms. The molecule has 0 aliphatic heterocycles. The van der Waals surface area contributed by atoms with Crippen LogP contribution in [0.15, 0.2) is 109 Å². The third kappa shape index (κ3) is 4.72. The van der Waals surface area contributed by atoms with Gasteiger partial charge in [0.15, 0.2) is 0 Å². The van der Waals surface area contributed by atoms with Gasteiger partial charge in [0.05, 0.1) is 0 Å². The number of hydrogen-bond donors (Lipinski definition) is 0. The summed E-state index contributed by atoms with van der Waals surface area (Å²) in [6.07, 6.45) is 6.61. The molecule has 0 N–H and O–H groups in total. The van der Waals surface area contributed by atoms with Gasteiger partial charge in [0.2, 0.25) is 0 Å². The predicted octanol–water partition coefficient (Wildman–Crippen LogP) is 14.2.